The molecule has 0 unspecified atom stereocenters. The number of aryl methyl sites for hydroxylation is 1. The van der Waals surface area contributed by atoms with Crippen molar-refractivity contribution in [3.63, 3.8) is 0 Å². The lowest BCUT2D eigenvalue weighted by molar-refractivity contribution is 0.102. The van der Waals surface area contributed by atoms with Crippen molar-refractivity contribution < 1.29 is 14.3 Å². The van der Waals surface area contributed by atoms with Gasteiger partial charge in [0, 0.05) is 25.0 Å². The first-order valence-electron chi connectivity index (χ1n) is 9.40. The molecule has 4 rings (SSSR count). The first kappa shape index (κ1) is 21.2. The maximum Gasteiger partial charge on any atom is 0.332 e. The van der Waals surface area contributed by atoms with Gasteiger partial charge in [0.15, 0.2) is 16.6 Å². The van der Waals surface area contributed by atoms with Gasteiger partial charge in [-0.15, -0.1) is 11.3 Å². The lowest BCUT2D eigenvalue weighted by Gasteiger charge is -2.08. The summed E-state index contributed by atoms with van der Waals surface area (Å²) in [5.41, 5.74) is 0.659. The number of thiazole rings is 1. The van der Waals surface area contributed by atoms with Crippen LogP contribution in [0.2, 0.25) is 0 Å². The Balaban J connectivity index is 1.62. The predicted octanol–water partition coefficient (Wildman–Crippen LogP) is 2.03. The normalized spacial score (nSPS) is 10.9. The maximum atomic E-state index is 12.7. The average Bonchev–Trinajstić information content (AvgIpc) is 3.28. The van der Waals surface area contributed by atoms with Crippen LogP contribution < -0.4 is 26.0 Å². The summed E-state index contributed by atoms with van der Waals surface area (Å²) in [6.07, 6.45) is 0. The van der Waals surface area contributed by atoms with Crippen LogP contribution in [0.3, 0.4) is 0 Å². The van der Waals surface area contributed by atoms with E-state index < -0.39 is 17.2 Å². The highest BCUT2D eigenvalue weighted by atomic mass is 32.1. The van der Waals surface area contributed by atoms with Gasteiger partial charge in [-0.25, -0.2) is 14.8 Å². The molecule has 0 spiro atoms. The second-order valence-electron chi connectivity index (χ2n) is 6.84. The highest BCUT2D eigenvalue weighted by molar-refractivity contribution is 7.14. The third kappa shape index (κ3) is 3.62. The van der Waals surface area contributed by atoms with E-state index in [2.05, 4.69) is 15.3 Å². The van der Waals surface area contributed by atoms with Crippen molar-refractivity contribution >= 4 is 33.4 Å². The molecular formula is C21H19N5O5S. The Hall–Kier alpha value is -3.99. The van der Waals surface area contributed by atoms with Crippen molar-refractivity contribution in [2.75, 3.05) is 19.5 Å². The molecular weight excluding hydrogens is 434 g/mol. The van der Waals surface area contributed by atoms with Gasteiger partial charge in [0.25, 0.3) is 11.5 Å². The third-order valence-corrected chi connectivity index (χ3v) is 5.70. The number of rotatable bonds is 5. The quantitative estimate of drug-likeness (QED) is 0.491. The van der Waals surface area contributed by atoms with Crippen LogP contribution in [0.4, 0.5) is 5.13 Å². The van der Waals surface area contributed by atoms with Gasteiger partial charge in [-0.3, -0.25) is 24.0 Å². The van der Waals surface area contributed by atoms with Gasteiger partial charge in [-0.1, -0.05) is 0 Å². The molecule has 1 N–H and O–H groups in total. The van der Waals surface area contributed by atoms with Crippen LogP contribution in [0.15, 0.2) is 45.3 Å². The summed E-state index contributed by atoms with van der Waals surface area (Å²) in [6.45, 7) is 0. The van der Waals surface area contributed by atoms with E-state index in [0.29, 0.717) is 22.3 Å². The number of nitrogens with zero attached hydrogens (tertiary/aromatic N) is 4. The molecule has 0 aliphatic carbocycles. The molecule has 0 saturated heterocycles. The van der Waals surface area contributed by atoms with Gasteiger partial charge in [0.1, 0.15) is 11.3 Å². The van der Waals surface area contributed by atoms with Gasteiger partial charge in [0.2, 0.25) is 0 Å². The number of nitrogens with one attached hydrogen (secondary N) is 1. The van der Waals surface area contributed by atoms with E-state index in [4.69, 9.17) is 9.47 Å². The zero-order valence-corrected chi connectivity index (χ0v) is 18.5. The average molecular weight is 453 g/mol. The van der Waals surface area contributed by atoms with Gasteiger partial charge in [0.05, 0.1) is 25.3 Å². The molecule has 3 heterocycles. The summed E-state index contributed by atoms with van der Waals surface area (Å²) in [5.74, 6) is 0.667. The Morgan fingerprint density at radius 3 is 2.47 bits per heavy atom. The van der Waals surface area contributed by atoms with Crippen LogP contribution in [-0.2, 0) is 14.1 Å². The first-order valence-corrected chi connectivity index (χ1v) is 10.3. The molecule has 1 aromatic carbocycles. The lowest BCUT2D eigenvalue weighted by Crippen LogP contribution is -2.37. The SMILES string of the molecule is COc1ccc(-c2csc(NC(=O)c3ccc4c(=O)n(C)c(=O)n(C)c4n3)n2)cc1OC. The molecule has 32 heavy (non-hydrogen) atoms. The Morgan fingerprint density at radius 1 is 1.00 bits per heavy atom. The molecule has 4 aromatic rings. The Labute approximate surface area is 185 Å². The smallest absolute Gasteiger partial charge is 0.332 e. The van der Waals surface area contributed by atoms with E-state index in [-0.39, 0.29) is 16.7 Å². The third-order valence-electron chi connectivity index (χ3n) is 4.94. The van der Waals surface area contributed by atoms with Crippen LogP contribution in [-0.4, -0.2) is 39.2 Å². The summed E-state index contributed by atoms with van der Waals surface area (Å²) in [5, 5.41) is 5.13. The zero-order valence-electron chi connectivity index (χ0n) is 17.7. The summed E-state index contributed by atoms with van der Waals surface area (Å²) in [7, 11) is 6.00. The largest absolute Gasteiger partial charge is 0.493 e. The number of carbonyl (C=O) groups excluding carboxylic acids is 1. The standard InChI is InChI=1S/C21H19N5O5S/c1-25-17-12(19(28)26(2)21(25)29)6-7-13(22-17)18(27)24-20-23-14(10-32-20)11-5-8-15(30-3)16(9-11)31-4/h5-10H,1-4H3,(H,23,24,27). The highest BCUT2D eigenvalue weighted by Crippen LogP contribution is 2.33. The predicted molar refractivity (Wildman–Crippen MR) is 121 cm³/mol. The number of anilines is 1. The van der Waals surface area contributed by atoms with Crippen molar-refractivity contribution in [3.8, 4) is 22.8 Å². The molecule has 1 amide bonds. The summed E-state index contributed by atoms with van der Waals surface area (Å²) in [4.78, 5) is 45.8. The van der Waals surface area contributed by atoms with Gasteiger partial charge >= 0.3 is 5.69 Å². The van der Waals surface area contributed by atoms with E-state index in [0.717, 1.165) is 10.1 Å². The Kier molecular flexibility index (Phi) is 5.49. The topological polar surface area (TPSA) is 117 Å². The summed E-state index contributed by atoms with van der Waals surface area (Å²) in [6, 6.07) is 8.33. The van der Waals surface area contributed by atoms with Crippen LogP contribution >= 0.6 is 11.3 Å². The fourth-order valence-corrected chi connectivity index (χ4v) is 3.92. The Morgan fingerprint density at radius 2 is 1.75 bits per heavy atom. The fourth-order valence-electron chi connectivity index (χ4n) is 3.20. The summed E-state index contributed by atoms with van der Waals surface area (Å²) >= 11 is 1.25. The van der Waals surface area contributed by atoms with Crippen LogP contribution in [0.25, 0.3) is 22.3 Å². The number of carbonyl (C=O) groups is 1. The van der Waals surface area contributed by atoms with E-state index in [1.807, 2.05) is 6.07 Å². The second kappa shape index (κ2) is 8.27. The van der Waals surface area contributed by atoms with E-state index in [9.17, 15) is 14.4 Å². The second-order valence-corrected chi connectivity index (χ2v) is 7.69. The number of aromatic nitrogens is 4. The first-order chi connectivity index (χ1) is 15.3. The number of pyridine rings is 1. The van der Waals surface area contributed by atoms with Crippen LogP contribution in [0.1, 0.15) is 10.5 Å². The van der Waals surface area contributed by atoms with Crippen molar-refractivity contribution in [1.29, 1.82) is 0 Å². The molecule has 0 aliphatic heterocycles. The molecule has 0 radical (unpaired) electrons. The minimum Gasteiger partial charge on any atom is -0.493 e. The van der Waals surface area contributed by atoms with Gasteiger partial charge in [-0.2, -0.15) is 0 Å². The molecule has 3 aromatic heterocycles. The van der Waals surface area contributed by atoms with E-state index >= 15 is 0 Å². The molecule has 164 valence electrons. The van der Waals surface area contributed by atoms with Gasteiger partial charge < -0.3 is 9.47 Å². The minimum atomic E-state index is -0.521. The van der Waals surface area contributed by atoms with Gasteiger partial charge in [-0.05, 0) is 30.3 Å². The Bertz CT molecular complexity index is 1470. The van der Waals surface area contributed by atoms with Crippen LogP contribution in [0.5, 0.6) is 11.5 Å². The molecule has 10 nitrogen and oxygen atoms in total. The van der Waals surface area contributed by atoms with Crippen molar-refractivity contribution in [1.82, 2.24) is 19.1 Å². The zero-order chi connectivity index (χ0) is 23.0. The maximum absolute atomic E-state index is 12.7. The number of amides is 1. The number of fused-ring (bicyclic) bond motifs is 1. The number of ether oxygens (including phenoxy) is 2. The van der Waals surface area contributed by atoms with Crippen molar-refractivity contribution in [2.24, 2.45) is 14.1 Å². The molecule has 0 aliphatic rings. The van der Waals surface area contributed by atoms with Crippen LogP contribution in [0, 0.1) is 0 Å². The molecule has 0 saturated carbocycles. The highest BCUT2D eigenvalue weighted by Gasteiger charge is 2.16. The fraction of sp³-hybridized carbons (Fsp3) is 0.190. The minimum absolute atomic E-state index is 0.0589. The lowest BCUT2D eigenvalue weighted by atomic mass is 10.1. The molecule has 0 fully saturated rings. The van der Waals surface area contributed by atoms with Crippen molar-refractivity contribution in [3.05, 3.63) is 62.2 Å². The number of benzene rings is 1. The number of methoxy groups -OCH3 is 2. The van der Waals surface area contributed by atoms with E-state index in [1.165, 1.54) is 42.1 Å². The molecule has 11 heteroatoms. The molecule has 0 atom stereocenters. The monoisotopic (exact) mass is 453 g/mol. The number of hydrogen-bond acceptors (Lipinski definition) is 8. The number of hydrogen-bond donors (Lipinski definition) is 1. The van der Waals surface area contributed by atoms with Crippen molar-refractivity contribution in [2.45, 2.75) is 0 Å². The van der Waals surface area contributed by atoms with E-state index in [1.54, 1.807) is 31.7 Å². The molecule has 0 bridgehead atoms. The summed E-state index contributed by atoms with van der Waals surface area (Å²) < 4.78 is 12.8.